The number of nitrogens with one attached hydrogen (secondary N) is 2. The van der Waals surface area contributed by atoms with Gasteiger partial charge < -0.3 is 10.6 Å². The van der Waals surface area contributed by atoms with Crippen LogP contribution in [0.3, 0.4) is 0 Å². The van der Waals surface area contributed by atoms with Gasteiger partial charge in [0.25, 0.3) is 0 Å². The zero-order chi connectivity index (χ0) is 17.5. The van der Waals surface area contributed by atoms with Crippen LogP contribution in [0.25, 0.3) is 0 Å². The Hall–Kier alpha value is -2.67. The van der Waals surface area contributed by atoms with Crippen LogP contribution in [-0.2, 0) is 13.1 Å². The molecule has 0 aliphatic rings. The van der Waals surface area contributed by atoms with E-state index in [4.69, 9.17) is 12.2 Å². The third kappa shape index (κ3) is 5.15. The summed E-state index contributed by atoms with van der Waals surface area (Å²) in [7, 11) is 0. The highest BCUT2D eigenvalue weighted by Crippen LogP contribution is 2.11. The highest BCUT2D eigenvalue weighted by Gasteiger charge is 2.03. The predicted octanol–water partition coefficient (Wildman–Crippen LogP) is 2.81. The first kappa shape index (κ1) is 17.2. The van der Waals surface area contributed by atoms with E-state index in [-0.39, 0.29) is 0 Å². The lowest BCUT2D eigenvalue weighted by Crippen LogP contribution is -2.29. The van der Waals surface area contributed by atoms with Crippen molar-refractivity contribution >= 4 is 23.0 Å². The van der Waals surface area contributed by atoms with Crippen molar-refractivity contribution in [3.63, 3.8) is 0 Å². The van der Waals surface area contributed by atoms with Crippen LogP contribution in [0.4, 0.5) is 5.69 Å². The fourth-order valence-corrected chi connectivity index (χ4v) is 2.75. The lowest BCUT2D eigenvalue weighted by atomic mass is 10.1. The van der Waals surface area contributed by atoms with Crippen LogP contribution in [0.1, 0.15) is 17.5 Å². The molecule has 0 atom stereocenters. The van der Waals surface area contributed by atoms with Crippen LogP contribution in [-0.4, -0.2) is 31.2 Å². The third-order valence-electron chi connectivity index (χ3n) is 3.89. The van der Waals surface area contributed by atoms with Crippen molar-refractivity contribution < 1.29 is 0 Å². The van der Waals surface area contributed by atoms with Gasteiger partial charge in [-0.1, -0.05) is 24.3 Å². The van der Waals surface area contributed by atoms with E-state index in [9.17, 15) is 0 Å². The maximum atomic E-state index is 5.33. The van der Waals surface area contributed by atoms with Gasteiger partial charge >= 0.3 is 0 Å². The average Bonchev–Trinajstić information content (AvgIpc) is 3.26. The van der Waals surface area contributed by atoms with Gasteiger partial charge in [-0.25, -0.2) is 0 Å². The molecule has 0 saturated carbocycles. The molecule has 0 amide bonds. The first-order valence-corrected chi connectivity index (χ1v) is 8.71. The number of hydrogen-bond acceptors (Lipinski definition) is 3. The Balaban J connectivity index is 1.43. The number of hydrogen-bond donors (Lipinski definition) is 2. The molecule has 0 aliphatic carbocycles. The molecule has 2 aromatic heterocycles. The summed E-state index contributed by atoms with van der Waals surface area (Å²) >= 11 is 5.33. The van der Waals surface area contributed by atoms with Gasteiger partial charge in [0, 0.05) is 31.7 Å². The lowest BCUT2D eigenvalue weighted by molar-refractivity contribution is 0.574. The minimum Gasteiger partial charge on any atom is -0.362 e. The molecular weight excluding hydrogens is 332 g/mol. The summed E-state index contributed by atoms with van der Waals surface area (Å²) in [6.45, 7) is 4.53. The Bertz CT molecular complexity index is 809. The second kappa shape index (κ2) is 8.43. The van der Waals surface area contributed by atoms with E-state index in [0.29, 0.717) is 5.11 Å². The van der Waals surface area contributed by atoms with Gasteiger partial charge in [-0.2, -0.15) is 10.2 Å². The highest BCUT2D eigenvalue weighted by molar-refractivity contribution is 7.80. The molecule has 0 radical (unpaired) electrons. The topological polar surface area (TPSA) is 59.7 Å². The van der Waals surface area contributed by atoms with Crippen LogP contribution in [0.15, 0.2) is 55.1 Å². The smallest absolute Gasteiger partial charge is 0.170 e. The fraction of sp³-hybridized carbons (Fsp3) is 0.278. The minimum atomic E-state index is 0.607. The second-order valence-corrected chi connectivity index (χ2v) is 6.26. The normalized spacial score (nSPS) is 10.6. The van der Waals surface area contributed by atoms with Gasteiger partial charge in [0.2, 0.25) is 0 Å². The molecule has 25 heavy (non-hydrogen) atoms. The number of rotatable bonds is 7. The average molecular weight is 354 g/mol. The molecule has 6 nitrogen and oxygen atoms in total. The molecule has 0 unspecified atom stereocenters. The van der Waals surface area contributed by atoms with E-state index in [1.807, 2.05) is 40.0 Å². The molecule has 2 heterocycles. The molecular formula is C18H22N6S. The number of anilines is 1. The van der Waals surface area contributed by atoms with Crippen LogP contribution in [0.5, 0.6) is 0 Å². The van der Waals surface area contributed by atoms with Gasteiger partial charge in [-0.15, -0.1) is 0 Å². The van der Waals surface area contributed by atoms with Gasteiger partial charge in [0.05, 0.1) is 18.4 Å². The van der Waals surface area contributed by atoms with Crippen molar-refractivity contribution in [1.82, 2.24) is 24.9 Å². The maximum absolute atomic E-state index is 5.33. The predicted molar refractivity (Wildman–Crippen MR) is 104 cm³/mol. The molecule has 1 aromatic carbocycles. The molecule has 0 fully saturated rings. The largest absolute Gasteiger partial charge is 0.362 e. The SMILES string of the molecule is Cc1ccccc1Cn1cc(NC(=S)NCCCn2cccn2)cn1. The zero-order valence-corrected chi connectivity index (χ0v) is 15.0. The fourth-order valence-electron chi connectivity index (χ4n) is 2.53. The zero-order valence-electron chi connectivity index (χ0n) is 14.2. The Morgan fingerprint density at radius 1 is 1.16 bits per heavy atom. The molecule has 3 aromatic rings. The number of aryl methyl sites for hydroxylation is 2. The van der Waals surface area contributed by atoms with Gasteiger partial charge in [0.1, 0.15) is 0 Å². The standard InChI is InChI=1S/C18H22N6S/c1-15-6-2-3-7-16(15)13-24-14-17(12-21-24)22-18(25)19-8-4-10-23-11-5-9-20-23/h2-3,5-7,9,11-12,14H,4,8,10,13H2,1H3,(H2,19,22,25). The Kier molecular flexibility index (Phi) is 5.79. The lowest BCUT2D eigenvalue weighted by Gasteiger charge is -2.09. The van der Waals surface area contributed by atoms with Gasteiger partial charge in [0.15, 0.2) is 5.11 Å². The monoisotopic (exact) mass is 354 g/mol. The maximum Gasteiger partial charge on any atom is 0.170 e. The highest BCUT2D eigenvalue weighted by atomic mass is 32.1. The second-order valence-electron chi connectivity index (χ2n) is 5.86. The Labute approximate surface area is 152 Å². The summed E-state index contributed by atoms with van der Waals surface area (Å²) in [4.78, 5) is 0. The van der Waals surface area contributed by atoms with E-state index in [1.54, 1.807) is 12.4 Å². The molecule has 0 bridgehead atoms. The Morgan fingerprint density at radius 2 is 2.04 bits per heavy atom. The van der Waals surface area contributed by atoms with Crippen molar-refractivity contribution in [1.29, 1.82) is 0 Å². The summed E-state index contributed by atoms with van der Waals surface area (Å²) in [5, 5.41) is 15.5. The molecule has 0 aliphatic heterocycles. The first-order valence-electron chi connectivity index (χ1n) is 8.30. The van der Waals surface area contributed by atoms with E-state index in [0.717, 1.165) is 31.7 Å². The van der Waals surface area contributed by atoms with Crippen molar-refractivity contribution in [2.75, 3.05) is 11.9 Å². The number of aromatic nitrogens is 4. The third-order valence-corrected chi connectivity index (χ3v) is 4.14. The number of nitrogens with zero attached hydrogens (tertiary/aromatic N) is 4. The van der Waals surface area contributed by atoms with Crippen molar-refractivity contribution in [2.45, 2.75) is 26.4 Å². The van der Waals surface area contributed by atoms with E-state index >= 15 is 0 Å². The molecule has 0 saturated heterocycles. The van der Waals surface area contributed by atoms with Crippen molar-refractivity contribution in [2.24, 2.45) is 0 Å². The van der Waals surface area contributed by atoms with Crippen LogP contribution in [0, 0.1) is 6.92 Å². The van der Waals surface area contributed by atoms with E-state index in [2.05, 4.69) is 39.9 Å². The van der Waals surface area contributed by atoms with Crippen LogP contribution >= 0.6 is 12.2 Å². The molecule has 7 heteroatoms. The first-order chi connectivity index (χ1) is 12.2. The molecule has 3 rings (SSSR count). The van der Waals surface area contributed by atoms with Gasteiger partial charge in [-0.05, 0) is 42.8 Å². The summed E-state index contributed by atoms with van der Waals surface area (Å²) in [5.74, 6) is 0. The van der Waals surface area contributed by atoms with Crippen molar-refractivity contribution in [3.05, 3.63) is 66.2 Å². The Morgan fingerprint density at radius 3 is 2.84 bits per heavy atom. The molecule has 2 N–H and O–H groups in total. The van der Waals surface area contributed by atoms with Crippen LogP contribution in [0.2, 0.25) is 0 Å². The number of benzene rings is 1. The van der Waals surface area contributed by atoms with E-state index < -0.39 is 0 Å². The quantitative estimate of drug-likeness (QED) is 0.505. The van der Waals surface area contributed by atoms with E-state index in [1.165, 1.54) is 11.1 Å². The summed E-state index contributed by atoms with van der Waals surface area (Å²) < 4.78 is 3.82. The molecule has 130 valence electrons. The number of thiocarbonyl (C=S) groups is 1. The summed E-state index contributed by atoms with van der Waals surface area (Å²) in [5.41, 5.74) is 3.41. The molecule has 0 spiro atoms. The van der Waals surface area contributed by atoms with Gasteiger partial charge in [-0.3, -0.25) is 9.36 Å². The minimum absolute atomic E-state index is 0.607. The summed E-state index contributed by atoms with van der Waals surface area (Å²) in [6, 6.07) is 10.3. The van der Waals surface area contributed by atoms with Crippen LogP contribution < -0.4 is 10.6 Å². The summed E-state index contributed by atoms with van der Waals surface area (Å²) in [6.07, 6.45) is 8.45. The van der Waals surface area contributed by atoms with Crippen molar-refractivity contribution in [3.8, 4) is 0 Å².